The van der Waals surface area contributed by atoms with Crippen LogP contribution in [0.3, 0.4) is 0 Å². The fraction of sp³-hybridized carbons (Fsp3) is 0.231. The summed E-state index contributed by atoms with van der Waals surface area (Å²) in [5.41, 5.74) is 0. The molecule has 2 aliphatic rings. The van der Waals surface area contributed by atoms with Gasteiger partial charge in [-0.3, -0.25) is 0 Å². The van der Waals surface area contributed by atoms with E-state index in [-0.39, 0.29) is 0 Å². The van der Waals surface area contributed by atoms with Crippen molar-refractivity contribution in [2.45, 2.75) is 18.8 Å². The largest absolute Gasteiger partial charge is 0.454 e. The Kier molecular flexibility index (Phi) is 2.72. The lowest BCUT2D eigenvalue weighted by atomic mass is 10.1. The van der Waals surface area contributed by atoms with Crippen molar-refractivity contribution in [2.24, 2.45) is 0 Å². The Morgan fingerprint density at radius 3 is 3.06 bits per heavy atom. The minimum Gasteiger partial charge on any atom is -0.454 e. The first-order valence-corrected chi connectivity index (χ1v) is 4.80. The van der Waals surface area contributed by atoms with E-state index in [1.165, 1.54) is 12.3 Å². The number of aliphatic hydroxyl groups is 1. The lowest BCUT2D eigenvalue weighted by molar-refractivity contribution is -0.165. The minimum atomic E-state index is -1.09. The van der Waals surface area contributed by atoms with Crippen LogP contribution in [0.5, 0.6) is 0 Å². The van der Waals surface area contributed by atoms with Crippen LogP contribution in [-0.4, -0.2) is 17.0 Å². The Balaban J connectivity index is 2.07. The molecule has 0 aromatic heterocycles. The summed E-state index contributed by atoms with van der Waals surface area (Å²) in [5.74, 6) is 10.1. The summed E-state index contributed by atoms with van der Waals surface area (Å²) in [4.78, 5) is 0. The summed E-state index contributed by atoms with van der Waals surface area (Å²) < 4.78 is 10.7. The molecule has 1 N–H and O–H groups in total. The molecule has 80 valence electrons. The lowest BCUT2D eigenvalue weighted by Gasteiger charge is -2.24. The predicted molar refractivity (Wildman–Crippen MR) is 58.5 cm³/mol. The molecule has 1 spiro atoms. The molecule has 0 unspecified atom stereocenters. The molecule has 0 aliphatic carbocycles. The van der Waals surface area contributed by atoms with Gasteiger partial charge < -0.3 is 14.6 Å². The number of rotatable bonds is 0. The molecule has 0 radical (unpaired) electrons. The predicted octanol–water partition coefficient (Wildman–Crippen LogP) is 1.08. The van der Waals surface area contributed by atoms with Crippen molar-refractivity contribution in [3.8, 4) is 23.7 Å². The molecule has 0 amide bonds. The van der Waals surface area contributed by atoms with E-state index in [1.807, 2.05) is 0 Å². The zero-order chi connectivity index (χ0) is 11.4. The SMILES string of the molecule is CC#CC#CC=C1C=C[C@]2(OC=C[C@@H]2O)O1. The second-order valence-electron chi connectivity index (χ2n) is 3.24. The van der Waals surface area contributed by atoms with Crippen LogP contribution in [0.1, 0.15) is 6.92 Å². The Morgan fingerprint density at radius 1 is 1.50 bits per heavy atom. The summed E-state index contributed by atoms with van der Waals surface area (Å²) in [5, 5.41) is 9.63. The molecule has 0 fully saturated rings. The first-order chi connectivity index (χ1) is 7.77. The highest BCUT2D eigenvalue weighted by atomic mass is 16.7. The Labute approximate surface area is 94.1 Å². The van der Waals surface area contributed by atoms with Gasteiger partial charge in [-0.15, -0.1) is 0 Å². The van der Waals surface area contributed by atoms with Crippen molar-refractivity contribution in [1.82, 2.24) is 0 Å². The van der Waals surface area contributed by atoms with Gasteiger partial charge in [0.05, 0.1) is 6.26 Å². The van der Waals surface area contributed by atoms with Crippen LogP contribution < -0.4 is 0 Å². The van der Waals surface area contributed by atoms with Gasteiger partial charge in [0.1, 0.15) is 5.76 Å². The summed E-state index contributed by atoms with van der Waals surface area (Å²) in [6.07, 6.45) is 7.12. The summed E-state index contributed by atoms with van der Waals surface area (Å²) in [7, 11) is 0. The molecule has 2 atom stereocenters. The average Bonchev–Trinajstić information content (AvgIpc) is 2.84. The Morgan fingerprint density at radius 2 is 2.38 bits per heavy atom. The van der Waals surface area contributed by atoms with E-state index >= 15 is 0 Å². The molecular weight excluding hydrogens is 204 g/mol. The first-order valence-electron chi connectivity index (χ1n) is 4.80. The summed E-state index contributed by atoms with van der Waals surface area (Å²) in [6.45, 7) is 1.72. The molecule has 0 aromatic rings. The second kappa shape index (κ2) is 4.18. The highest BCUT2D eigenvalue weighted by Crippen LogP contribution is 2.34. The van der Waals surface area contributed by atoms with Crippen LogP contribution in [0.25, 0.3) is 0 Å². The van der Waals surface area contributed by atoms with Crippen molar-refractivity contribution in [1.29, 1.82) is 0 Å². The van der Waals surface area contributed by atoms with Crippen molar-refractivity contribution >= 4 is 0 Å². The normalized spacial score (nSPS) is 31.6. The van der Waals surface area contributed by atoms with Crippen LogP contribution in [0.4, 0.5) is 0 Å². The van der Waals surface area contributed by atoms with Gasteiger partial charge in [0.15, 0.2) is 6.10 Å². The van der Waals surface area contributed by atoms with Crippen molar-refractivity contribution in [3.05, 3.63) is 36.3 Å². The number of hydrogen-bond donors (Lipinski definition) is 1. The van der Waals surface area contributed by atoms with E-state index in [0.29, 0.717) is 5.76 Å². The van der Waals surface area contributed by atoms with Gasteiger partial charge in [0.2, 0.25) is 0 Å². The molecule has 3 nitrogen and oxygen atoms in total. The molecule has 0 saturated heterocycles. The van der Waals surface area contributed by atoms with Crippen LogP contribution in [-0.2, 0) is 9.47 Å². The second-order valence-corrected chi connectivity index (χ2v) is 3.24. The van der Waals surface area contributed by atoms with Crippen LogP contribution >= 0.6 is 0 Å². The molecule has 2 rings (SSSR count). The molecule has 16 heavy (non-hydrogen) atoms. The summed E-state index contributed by atoms with van der Waals surface area (Å²) >= 11 is 0. The molecule has 0 aromatic carbocycles. The average molecular weight is 214 g/mol. The molecule has 2 aliphatic heterocycles. The van der Waals surface area contributed by atoms with Crippen molar-refractivity contribution < 1.29 is 14.6 Å². The number of ether oxygens (including phenoxy) is 2. The van der Waals surface area contributed by atoms with Crippen molar-refractivity contribution in [3.63, 3.8) is 0 Å². The van der Waals surface area contributed by atoms with Crippen LogP contribution in [0.2, 0.25) is 0 Å². The first kappa shape index (κ1) is 10.4. The molecule has 3 heteroatoms. The van der Waals surface area contributed by atoms with Gasteiger partial charge in [-0.2, -0.15) is 0 Å². The number of hydrogen-bond acceptors (Lipinski definition) is 3. The van der Waals surface area contributed by atoms with E-state index in [0.717, 1.165) is 0 Å². The number of aliphatic hydroxyl groups excluding tert-OH is 1. The van der Waals surface area contributed by atoms with Gasteiger partial charge in [-0.05, 0) is 30.9 Å². The smallest absolute Gasteiger partial charge is 0.300 e. The van der Waals surface area contributed by atoms with Gasteiger partial charge in [-0.25, -0.2) is 0 Å². The maximum Gasteiger partial charge on any atom is 0.300 e. The molecular formula is C13H10O3. The minimum absolute atomic E-state index is 0.549. The fourth-order valence-corrected chi connectivity index (χ4v) is 1.38. The van der Waals surface area contributed by atoms with Gasteiger partial charge in [-0.1, -0.05) is 11.8 Å². The standard InChI is InChI=1S/C13H10O3/c1-2-3-4-5-6-11-7-9-13(16-11)12(14)8-10-15-13/h6-10,12,14H,1H3/t12-,13-/m0/s1. The lowest BCUT2D eigenvalue weighted by Crippen LogP contribution is -2.37. The monoisotopic (exact) mass is 214 g/mol. The molecule has 0 bridgehead atoms. The zero-order valence-electron chi connectivity index (χ0n) is 8.73. The third-order valence-corrected chi connectivity index (χ3v) is 2.16. The maximum atomic E-state index is 9.63. The molecule has 2 heterocycles. The van der Waals surface area contributed by atoms with Gasteiger partial charge >= 0.3 is 5.79 Å². The van der Waals surface area contributed by atoms with Gasteiger partial charge in [0, 0.05) is 12.2 Å². The van der Waals surface area contributed by atoms with Crippen LogP contribution in [0.15, 0.2) is 36.3 Å². The van der Waals surface area contributed by atoms with Crippen LogP contribution in [0, 0.1) is 23.7 Å². The zero-order valence-corrected chi connectivity index (χ0v) is 8.73. The van der Waals surface area contributed by atoms with Gasteiger partial charge in [0.25, 0.3) is 0 Å². The van der Waals surface area contributed by atoms with E-state index < -0.39 is 11.9 Å². The van der Waals surface area contributed by atoms with E-state index in [4.69, 9.17) is 9.47 Å². The third-order valence-electron chi connectivity index (χ3n) is 2.16. The van der Waals surface area contributed by atoms with E-state index in [9.17, 15) is 5.11 Å². The third kappa shape index (κ3) is 1.82. The highest BCUT2D eigenvalue weighted by molar-refractivity contribution is 5.36. The fourth-order valence-electron chi connectivity index (χ4n) is 1.38. The summed E-state index contributed by atoms with van der Waals surface area (Å²) in [6, 6.07) is 0. The van der Waals surface area contributed by atoms with E-state index in [2.05, 4.69) is 23.7 Å². The number of allylic oxidation sites excluding steroid dienone is 2. The Bertz CT molecular complexity index is 491. The molecule has 0 saturated carbocycles. The quantitative estimate of drug-likeness (QED) is 0.613. The van der Waals surface area contributed by atoms with Crippen molar-refractivity contribution in [2.75, 3.05) is 0 Å². The highest BCUT2D eigenvalue weighted by Gasteiger charge is 2.45. The maximum absolute atomic E-state index is 9.63. The topological polar surface area (TPSA) is 38.7 Å². The Hall–Kier alpha value is -2.10. The van der Waals surface area contributed by atoms with E-state index in [1.54, 1.807) is 25.2 Å².